The minimum Gasteiger partial charge on any atom is -0.342 e. The Labute approximate surface area is 153 Å². The van der Waals surface area contributed by atoms with Gasteiger partial charge in [0.1, 0.15) is 11.5 Å². The van der Waals surface area contributed by atoms with Gasteiger partial charge in [0.25, 0.3) is 11.5 Å². The van der Waals surface area contributed by atoms with Crippen molar-refractivity contribution in [3.8, 4) is 5.69 Å². The molecule has 0 saturated heterocycles. The van der Waals surface area contributed by atoms with Gasteiger partial charge in [-0.1, -0.05) is 18.2 Å². The number of anilines is 1. The van der Waals surface area contributed by atoms with E-state index in [1.807, 2.05) is 6.07 Å². The van der Waals surface area contributed by atoms with Gasteiger partial charge in [0.05, 0.1) is 12.2 Å². The van der Waals surface area contributed by atoms with E-state index in [0.717, 1.165) is 4.68 Å². The number of carbonyl (C=O) groups excluding carboxylic acids is 2. The highest BCUT2D eigenvalue weighted by atomic mass is 19.1. The fraction of sp³-hybridized carbons (Fsp3) is 0.0526. The van der Waals surface area contributed by atoms with Crippen molar-refractivity contribution in [3.63, 3.8) is 0 Å². The zero-order valence-electron chi connectivity index (χ0n) is 14.1. The van der Waals surface area contributed by atoms with E-state index >= 15 is 0 Å². The molecule has 2 amide bonds. The molecule has 27 heavy (non-hydrogen) atoms. The van der Waals surface area contributed by atoms with Crippen LogP contribution in [0.3, 0.4) is 0 Å². The Morgan fingerprint density at radius 3 is 2.37 bits per heavy atom. The second-order valence-corrected chi connectivity index (χ2v) is 5.54. The lowest BCUT2D eigenvalue weighted by molar-refractivity contribution is -0.115. The molecule has 7 nitrogen and oxygen atoms in total. The first-order valence-corrected chi connectivity index (χ1v) is 8.02. The number of nitrogens with zero attached hydrogens (tertiary/aromatic N) is 2. The summed E-state index contributed by atoms with van der Waals surface area (Å²) in [6, 6.07) is 16.4. The predicted octanol–water partition coefficient (Wildman–Crippen LogP) is 1.74. The Bertz CT molecular complexity index is 1020. The van der Waals surface area contributed by atoms with Crippen LogP contribution in [0.1, 0.15) is 10.5 Å². The van der Waals surface area contributed by atoms with Crippen molar-refractivity contribution < 1.29 is 14.0 Å². The standard InChI is InChI=1S/C19H15FN4O3/c20-13-6-8-15(9-7-13)24-18(26)11-10-16(23-24)19(27)21-12-17(25)22-14-4-2-1-3-5-14/h1-11H,12H2,(H,21,27)(H,22,25). The van der Waals surface area contributed by atoms with Gasteiger partial charge >= 0.3 is 0 Å². The fourth-order valence-corrected chi connectivity index (χ4v) is 2.28. The minimum atomic E-state index is -0.617. The van der Waals surface area contributed by atoms with Crippen molar-refractivity contribution in [2.24, 2.45) is 0 Å². The average molecular weight is 366 g/mol. The van der Waals surface area contributed by atoms with Gasteiger partial charge in [-0.3, -0.25) is 14.4 Å². The Morgan fingerprint density at radius 1 is 0.963 bits per heavy atom. The second-order valence-electron chi connectivity index (χ2n) is 5.54. The monoisotopic (exact) mass is 366 g/mol. The van der Waals surface area contributed by atoms with E-state index in [-0.39, 0.29) is 12.2 Å². The van der Waals surface area contributed by atoms with Gasteiger partial charge in [-0.2, -0.15) is 9.78 Å². The predicted molar refractivity (Wildman–Crippen MR) is 97.2 cm³/mol. The summed E-state index contributed by atoms with van der Waals surface area (Å²) in [5, 5.41) is 9.04. The van der Waals surface area contributed by atoms with Gasteiger partial charge in [-0.25, -0.2) is 4.39 Å². The van der Waals surface area contributed by atoms with Crippen LogP contribution in [-0.2, 0) is 4.79 Å². The number of rotatable bonds is 5. The SMILES string of the molecule is O=C(CNC(=O)c1ccc(=O)n(-c2ccc(F)cc2)n1)Nc1ccccc1. The largest absolute Gasteiger partial charge is 0.342 e. The van der Waals surface area contributed by atoms with E-state index in [1.165, 1.54) is 36.4 Å². The number of carbonyl (C=O) groups is 2. The van der Waals surface area contributed by atoms with Gasteiger partial charge in [0.2, 0.25) is 5.91 Å². The van der Waals surface area contributed by atoms with Crippen molar-refractivity contribution in [2.45, 2.75) is 0 Å². The third-order valence-electron chi connectivity index (χ3n) is 3.57. The molecule has 136 valence electrons. The van der Waals surface area contributed by atoms with Crippen LogP contribution < -0.4 is 16.2 Å². The van der Waals surface area contributed by atoms with Crippen LogP contribution in [0.25, 0.3) is 5.69 Å². The number of nitrogens with one attached hydrogen (secondary N) is 2. The summed E-state index contributed by atoms with van der Waals surface area (Å²) < 4.78 is 14.0. The summed E-state index contributed by atoms with van der Waals surface area (Å²) in [6.07, 6.45) is 0. The lowest BCUT2D eigenvalue weighted by atomic mass is 10.3. The molecule has 1 aromatic heterocycles. The molecule has 0 aliphatic heterocycles. The number of para-hydroxylation sites is 1. The summed E-state index contributed by atoms with van der Waals surface area (Å²) in [5.41, 5.74) is 0.406. The average Bonchev–Trinajstić information content (AvgIpc) is 2.68. The smallest absolute Gasteiger partial charge is 0.272 e. The van der Waals surface area contributed by atoms with Crippen molar-refractivity contribution in [1.29, 1.82) is 0 Å². The highest BCUT2D eigenvalue weighted by Crippen LogP contribution is 2.06. The number of amides is 2. The maximum absolute atomic E-state index is 13.0. The van der Waals surface area contributed by atoms with Crippen LogP contribution in [0.2, 0.25) is 0 Å². The number of aromatic nitrogens is 2. The third-order valence-corrected chi connectivity index (χ3v) is 3.57. The molecule has 0 aliphatic rings. The first kappa shape index (κ1) is 18.0. The fourth-order valence-electron chi connectivity index (χ4n) is 2.28. The van der Waals surface area contributed by atoms with Gasteiger partial charge in [-0.05, 0) is 42.5 Å². The first-order valence-electron chi connectivity index (χ1n) is 8.02. The van der Waals surface area contributed by atoms with Crippen molar-refractivity contribution >= 4 is 17.5 Å². The van der Waals surface area contributed by atoms with E-state index < -0.39 is 23.2 Å². The highest BCUT2D eigenvalue weighted by Gasteiger charge is 2.12. The van der Waals surface area contributed by atoms with Crippen LogP contribution >= 0.6 is 0 Å². The van der Waals surface area contributed by atoms with Gasteiger partial charge in [-0.15, -0.1) is 0 Å². The van der Waals surface area contributed by atoms with Crippen molar-refractivity contribution in [1.82, 2.24) is 15.1 Å². The Kier molecular flexibility index (Phi) is 5.36. The molecule has 0 unspecified atom stereocenters. The van der Waals surface area contributed by atoms with E-state index in [2.05, 4.69) is 15.7 Å². The van der Waals surface area contributed by atoms with Crippen LogP contribution in [0.15, 0.2) is 71.5 Å². The number of hydrogen-bond acceptors (Lipinski definition) is 4. The molecule has 1 heterocycles. The van der Waals surface area contributed by atoms with Crippen LogP contribution in [0.4, 0.5) is 10.1 Å². The molecule has 3 rings (SSSR count). The topological polar surface area (TPSA) is 93.1 Å². The Morgan fingerprint density at radius 2 is 1.67 bits per heavy atom. The number of hydrogen-bond donors (Lipinski definition) is 2. The summed E-state index contributed by atoms with van der Waals surface area (Å²) in [7, 11) is 0. The molecule has 2 N–H and O–H groups in total. The maximum atomic E-state index is 13.0. The normalized spacial score (nSPS) is 10.3. The van der Waals surface area contributed by atoms with Gasteiger partial charge in [0, 0.05) is 11.8 Å². The number of benzene rings is 2. The second kappa shape index (κ2) is 8.05. The van der Waals surface area contributed by atoms with Crippen LogP contribution in [-0.4, -0.2) is 28.1 Å². The van der Waals surface area contributed by atoms with Crippen LogP contribution in [0.5, 0.6) is 0 Å². The van der Waals surface area contributed by atoms with E-state index in [1.54, 1.807) is 24.3 Å². The maximum Gasteiger partial charge on any atom is 0.272 e. The molecule has 8 heteroatoms. The molecule has 0 bridgehead atoms. The molecule has 0 atom stereocenters. The zero-order valence-corrected chi connectivity index (χ0v) is 14.1. The molecule has 0 saturated carbocycles. The van der Waals surface area contributed by atoms with Crippen molar-refractivity contribution in [3.05, 3.63) is 88.6 Å². The van der Waals surface area contributed by atoms with Crippen molar-refractivity contribution in [2.75, 3.05) is 11.9 Å². The molecule has 0 spiro atoms. The first-order chi connectivity index (χ1) is 13.0. The zero-order chi connectivity index (χ0) is 19.2. The Hall–Kier alpha value is -3.81. The molecular weight excluding hydrogens is 351 g/mol. The van der Waals surface area contributed by atoms with Gasteiger partial charge in [0.15, 0.2) is 0 Å². The molecule has 2 aromatic carbocycles. The lowest BCUT2D eigenvalue weighted by Gasteiger charge is -2.08. The summed E-state index contributed by atoms with van der Waals surface area (Å²) >= 11 is 0. The number of halogens is 1. The summed E-state index contributed by atoms with van der Waals surface area (Å²) in [5.74, 6) is -1.47. The van der Waals surface area contributed by atoms with Gasteiger partial charge < -0.3 is 10.6 Å². The third kappa shape index (κ3) is 4.63. The quantitative estimate of drug-likeness (QED) is 0.719. The van der Waals surface area contributed by atoms with E-state index in [9.17, 15) is 18.8 Å². The molecule has 0 aliphatic carbocycles. The summed E-state index contributed by atoms with van der Waals surface area (Å²) in [4.78, 5) is 36.1. The molecular formula is C19H15FN4O3. The molecule has 3 aromatic rings. The van der Waals surface area contributed by atoms with E-state index in [0.29, 0.717) is 11.4 Å². The lowest BCUT2D eigenvalue weighted by Crippen LogP contribution is -2.34. The highest BCUT2D eigenvalue weighted by molar-refractivity contribution is 5.98. The Balaban J connectivity index is 1.68. The molecule has 0 radical (unpaired) electrons. The molecule has 0 fully saturated rings. The van der Waals surface area contributed by atoms with Crippen LogP contribution in [0, 0.1) is 5.82 Å². The minimum absolute atomic E-state index is 0.0496. The van der Waals surface area contributed by atoms with E-state index in [4.69, 9.17) is 0 Å². The summed E-state index contributed by atoms with van der Waals surface area (Å²) in [6.45, 7) is -0.259.